The molecule has 2 aliphatic rings. The monoisotopic (exact) mass is 198 g/mol. The van der Waals surface area contributed by atoms with Crippen molar-refractivity contribution in [1.29, 1.82) is 0 Å². The fraction of sp³-hybridized carbons (Fsp3) is 1.00. The minimum absolute atomic E-state index is 0.449. The molecule has 0 aromatic carbocycles. The maximum absolute atomic E-state index is 5.52. The van der Waals surface area contributed by atoms with Crippen LogP contribution in [-0.4, -0.2) is 50.3 Å². The van der Waals surface area contributed by atoms with Gasteiger partial charge in [-0.15, -0.1) is 0 Å². The molecule has 0 aromatic heterocycles. The molecule has 2 rings (SSSR count). The van der Waals surface area contributed by atoms with E-state index in [0.717, 1.165) is 12.5 Å². The highest BCUT2D eigenvalue weighted by molar-refractivity contribution is 4.82. The van der Waals surface area contributed by atoms with Crippen molar-refractivity contribution in [3.8, 4) is 0 Å². The van der Waals surface area contributed by atoms with Gasteiger partial charge in [-0.1, -0.05) is 0 Å². The van der Waals surface area contributed by atoms with Crippen LogP contribution in [0.15, 0.2) is 0 Å². The van der Waals surface area contributed by atoms with Gasteiger partial charge in [-0.3, -0.25) is 0 Å². The predicted molar refractivity (Wildman–Crippen MR) is 57.4 cm³/mol. The molecule has 2 aliphatic heterocycles. The minimum atomic E-state index is 0.449. The Kier molecular flexibility index (Phi) is 3.42. The molecule has 0 radical (unpaired) electrons. The predicted octanol–water partition coefficient (Wildman–Crippen LogP) is 0.705. The third-order valence-corrected chi connectivity index (χ3v) is 3.32. The highest BCUT2D eigenvalue weighted by Gasteiger charge is 2.25. The van der Waals surface area contributed by atoms with Crippen LogP contribution in [0.5, 0.6) is 0 Å². The molecule has 2 saturated heterocycles. The van der Waals surface area contributed by atoms with Crippen LogP contribution in [0.4, 0.5) is 0 Å². The van der Waals surface area contributed by atoms with Crippen molar-refractivity contribution >= 4 is 0 Å². The SMILES string of the molecule is CC1CC(NCC2CN(C)C2)CCO1. The van der Waals surface area contributed by atoms with Crippen molar-refractivity contribution < 1.29 is 4.74 Å². The Morgan fingerprint density at radius 1 is 1.43 bits per heavy atom. The summed E-state index contributed by atoms with van der Waals surface area (Å²) in [5, 5.41) is 3.67. The van der Waals surface area contributed by atoms with Crippen LogP contribution in [0.2, 0.25) is 0 Å². The largest absolute Gasteiger partial charge is 0.378 e. The first kappa shape index (κ1) is 10.4. The molecule has 2 unspecified atom stereocenters. The van der Waals surface area contributed by atoms with E-state index in [0.29, 0.717) is 12.1 Å². The summed E-state index contributed by atoms with van der Waals surface area (Å²) < 4.78 is 5.52. The number of rotatable bonds is 3. The molecule has 0 spiro atoms. The first-order chi connectivity index (χ1) is 6.74. The normalized spacial score (nSPS) is 35.6. The summed E-state index contributed by atoms with van der Waals surface area (Å²) in [6.07, 6.45) is 2.82. The van der Waals surface area contributed by atoms with E-state index in [9.17, 15) is 0 Å². The van der Waals surface area contributed by atoms with Crippen molar-refractivity contribution in [3.63, 3.8) is 0 Å². The second-order valence-corrected chi connectivity index (χ2v) is 4.90. The van der Waals surface area contributed by atoms with Crippen molar-refractivity contribution in [3.05, 3.63) is 0 Å². The zero-order valence-corrected chi connectivity index (χ0v) is 9.33. The highest BCUT2D eigenvalue weighted by atomic mass is 16.5. The van der Waals surface area contributed by atoms with Crippen LogP contribution >= 0.6 is 0 Å². The van der Waals surface area contributed by atoms with Crippen LogP contribution in [0, 0.1) is 5.92 Å². The number of hydrogen-bond acceptors (Lipinski definition) is 3. The Morgan fingerprint density at radius 3 is 2.86 bits per heavy atom. The summed E-state index contributed by atoms with van der Waals surface area (Å²) in [6.45, 7) is 6.84. The van der Waals surface area contributed by atoms with E-state index in [4.69, 9.17) is 4.74 Å². The minimum Gasteiger partial charge on any atom is -0.378 e. The average Bonchev–Trinajstić information content (AvgIpc) is 2.11. The first-order valence-corrected chi connectivity index (χ1v) is 5.77. The number of likely N-dealkylation sites (tertiary alicyclic amines) is 1. The van der Waals surface area contributed by atoms with E-state index in [1.807, 2.05) is 0 Å². The lowest BCUT2D eigenvalue weighted by Gasteiger charge is -2.38. The summed E-state index contributed by atoms with van der Waals surface area (Å²) >= 11 is 0. The van der Waals surface area contributed by atoms with E-state index in [1.54, 1.807) is 0 Å². The summed E-state index contributed by atoms with van der Waals surface area (Å²) in [6, 6.07) is 0.699. The number of nitrogens with one attached hydrogen (secondary N) is 1. The lowest BCUT2D eigenvalue weighted by atomic mass is 9.99. The summed E-state index contributed by atoms with van der Waals surface area (Å²) in [5.74, 6) is 0.887. The Labute approximate surface area is 86.8 Å². The smallest absolute Gasteiger partial charge is 0.0561 e. The third-order valence-electron chi connectivity index (χ3n) is 3.32. The quantitative estimate of drug-likeness (QED) is 0.722. The van der Waals surface area contributed by atoms with Gasteiger partial charge in [0.05, 0.1) is 6.10 Å². The fourth-order valence-electron chi connectivity index (χ4n) is 2.47. The fourth-order valence-corrected chi connectivity index (χ4v) is 2.47. The average molecular weight is 198 g/mol. The molecule has 2 heterocycles. The molecule has 0 aliphatic carbocycles. The van der Waals surface area contributed by atoms with Gasteiger partial charge in [0.2, 0.25) is 0 Å². The zero-order valence-electron chi connectivity index (χ0n) is 9.33. The van der Waals surface area contributed by atoms with Crippen LogP contribution in [0.1, 0.15) is 19.8 Å². The third kappa shape index (κ3) is 2.69. The first-order valence-electron chi connectivity index (χ1n) is 5.77. The van der Waals surface area contributed by atoms with E-state index in [-0.39, 0.29) is 0 Å². The van der Waals surface area contributed by atoms with Gasteiger partial charge in [-0.05, 0) is 32.7 Å². The van der Waals surface area contributed by atoms with Gasteiger partial charge in [-0.25, -0.2) is 0 Å². The Bertz CT molecular complexity index is 180. The standard InChI is InChI=1S/C11H22N2O/c1-9-5-11(3-4-14-9)12-6-10-7-13(2)8-10/h9-12H,3-8H2,1-2H3. The van der Waals surface area contributed by atoms with Crippen LogP contribution in [0.3, 0.4) is 0 Å². The highest BCUT2D eigenvalue weighted by Crippen LogP contribution is 2.15. The van der Waals surface area contributed by atoms with E-state index in [2.05, 4.69) is 24.2 Å². The molecule has 3 nitrogen and oxygen atoms in total. The molecular weight excluding hydrogens is 176 g/mol. The maximum Gasteiger partial charge on any atom is 0.0561 e. The summed E-state index contributed by atoms with van der Waals surface area (Å²) in [4.78, 5) is 2.37. The van der Waals surface area contributed by atoms with Crippen molar-refractivity contribution in [1.82, 2.24) is 10.2 Å². The molecule has 0 amide bonds. The molecule has 14 heavy (non-hydrogen) atoms. The molecule has 2 atom stereocenters. The Morgan fingerprint density at radius 2 is 2.21 bits per heavy atom. The maximum atomic E-state index is 5.52. The van der Waals surface area contributed by atoms with Gasteiger partial charge in [0.1, 0.15) is 0 Å². The lowest BCUT2D eigenvalue weighted by Crippen LogP contribution is -2.50. The van der Waals surface area contributed by atoms with E-state index < -0.39 is 0 Å². The molecule has 2 fully saturated rings. The van der Waals surface area contributed by atoms with Gasteiger partial charge in [0.25, 0.3) is 0 Å². The second kappa shape index (κ2) is 4.60. The summed E-state index contributed by atoms with van der Waals surface area (Å²) in [5.41, 5.74) is 0. The molecular formula is C11H22N2O. The molecule has 82 valence electrons. The molecule has 3 heteroatoms. The molecule has 1 N–H and O–H groups in total. The van der Waals surface area contributed by atoms with E-state index in [1.165, 1.54) is 32.5 Å². The number of nitrogens with zero attached hydrogens (tertiary/aromatic N) is 1. The van der Waals surface area contributed by atoms with Gasteiger partial charge in [0.15, 0.2) is 0 Å². The van der Waals surface area contributed by atoms with Crippen molar-refractivity contribution in [2.45, 2.75) is 31.9 Å². The van der Waals surface area contributed by atoms with Gasteiger partial charge in [0, 0.05) is 32.3 Å². The van der Waals surface area contributed by atoms with Crippen LogP contribution in [-0.2, 0) is 4.74 Å². The summed E-state index contributed by atoms with van der Waals surface area (Å²) in [7, 11) is 2.19. The number of ether oxygens (including phenoxy) is 1. The molecule has 0 saturated carbocycles. The van der Waals surface area contributed by atoms with Gasteiger partial charge in [-0.2, -0.15) is 0 Å². The van der Waals surface area contributed by atoms with Crippen LogP contribution in [0.25, 0.3) is 0 Å². The molecule has 0 aromatic rings. The van der Waals surface area contributed by atoms with Gasteiger partial charge >= 0.3 is 0 Å². The molecule has 0 bridgehead atoms. The zero-order chi connectivity index (χ0) is 9.97. The van der Waals surface area contributed by atoms with E-state index >= 15 is 0 Å². The second-order valence-electron chi connectivity index (χ2n) is 4.90. The number of hydrogen-bond donors (Lipinski definition) is 1. The lowest BCUT2D eigenvalue weighted by molar-refractivity contribution is 0.0107. The Hall–Kier alpha value is -0.120. The van der Waals surface area contributed by atoms with Crippen LogP contribution < -0.4 is 5.32 Å². The van der Waals surface area contributed by atoms with Gasteiger partial charge < -0.3 is 15.0 Å². The Balaban J connectivity index is 1.60. The van der Waals surface area contributed by atoms with Crippen molar-refractivity contribution in [2.75, 3.05) is 33.3 Å². The topological polar surface area (TPSA) is 24.5 Å². The van der Waals surface area contributed by atoms with Crippen molar-refractivity contribution in [2.24, 2.45) is 5.92 Å².